The van der Waals surface area contributed by atoms with Crippen molar-refractivity contribution in [2.24, 2.45) is 11.7 Å². The van der Waals surface area contributed by atoms with Crippen molar-refractivity contribution in [1.82, 2.24) is 9.80 Å². The average Bonchev–Trinajstić information content (AvgIpc) is 2.40. The number of nitrogens with two attached hydrogens (primary N) is 1. The molecular formula is C14H29N3O. The molecule has 4 nitrogen and oxygen atoms in total. The number of hydrogen-bond acceptors (Lipinski definition) is 3. The second kappa shape index (κ2) is 7.74. The van der Waals surface area contributed by atoms with Gasteiger partial charge in [-0.15, -0.1) is 0 Å². The standard InChI is InChI=1S/C14H29N3O/c1-4-17(5-2)14(18)11-16(3)13-9-7-6-8-12(13)10-15/h12-13H,4-11,15H2,1-3H3. The Balaban J connectivity index is 2.52. The van der Waals surface area contributed by atoms with Crippen LogP contribution in [0.1, 0.15) is 39.5 Å². The molecule has 0 radical (unpaired) electrons. The Morgan fingerprint density at radius 3 is 2.39 bits per heavy atom. The minimum atomic E-state index is 0.240. The first-order valence-corrected chi connectivity index (χ1v) is 7.32. The van der Waals surface area contributed by atoms with Crippen LogP contribution in [-0.4, -0.2) is 55.0 Å². The van der Waals surface area contributed by atoms with Gasteiger partial charge in [0.2, 0.25) is 5.91 Å². The number of hydrogen-bond donors (Lipinski definition) is 1. The summed E-state index contributed by atoms with van der Waals surface area (Å²) in [5.41, 5.74) is 5.85. The summed E-state index contributed by atoms with van der Waals surface area (Å²) in [7, 11) is 2.07. The SMILES string of the molecule is CCN(CC)C(=O)CN(C)C1CCCCC1CN. The van der Waals surface area contributed by atoms with E-state index in [9.17, 15) is 4.79 Å². The third-order valence-electron chi connectivity index (χ3n) is 4.24. The highest BCUT2D eigenvalue weighted by Crippen LogP contribution is 2.27. The number of carbonyl (C=O) groups is 1. The number of rotatable bonds is 6. The van der Waals surface area contributed by atoms with Crippen LogP contribution in [0.4, 0.5) is 0 Å². The molecule has 0 aliphatic heterocycles. The van der Waals surface area contributed by atoms with E-state index in [4.69, 9.17) is 5.73 Å². The Morgan fingerprint density at radius 2 is 1.83 bits per heavy atom. The van der Waals surface area contributed by atoms with Crippen LogP contribution >= 0.6 is 0 Å². The van der Waals surface area contributed by atoms with E-state index in [-0.39, 0.29) is 5.91 Å². The van der Waals surface area contributed by atoms with Gasteiger partial charge < -0.3 is 10.6 Å². The van der Waals surface area contributed by atoms with E-state index in [2.05, 4.69) is 11.9 Å². The minimum Gasteiger partial charge on any atom is -0.342 e. The fourth-order valence-electron chi connectivity index (χ4n) is 3.05. The van der Waals surface area contributed by atoms with Crippen LogP contribution in [0, 0.1) is 5.92 Å². The maximum atomic E-state index is 12.1. The third kappa shape index (κ3) is 3.95. The maximum Gasteiger partial charge on any atom is 0.236 e. The lowest BCUT2D eigenvalue weighted by Crippen LogP contribution is -2.47. The van der Waals surface area contributed by atoms with Gasteiger partial charge in [0.1, 0.15) is 0 Å². The van der Waals surface area contributed by atoms with Crippen molar-refractivity contribution < 1.29 is 4.79 Å². The van der Waals surface area contributed by atoms with Crippen molar-refractivity contribution in [3.63, 3.8) is 0 Å². The average molecular weight is 255 g/mol. The fraction of sp³-hybridized carbons (Fsp3) is 0.929. The molecule has 1 rings (SSSR count). The van der Waals surface area contributed by atoms with Gasteiger partial charge in [-0.3, -0.25) is 9.69 Å². The predicted octanol–water partition coefficient (Wildman–Crippen LogP) is 1.30. The Morgan fingerprint density at radius 1 is 1.22 bits per heavy atom. The summed E-state index contributed by atoms with van der Waals surface area (Å²) >= 11 is 0. The molecule has 1 aliphatic carbocycles. The molecule has 1 saturated carbocycles. The highest BCUT2D eigenvalue weighted by atomic mass is 16.2. The van der Waals surface area contributed by atoms with Gasteiger partial charge in [0.15, 0.2) is 0 Å². The molecule has 106 valence electrons. The summed E-state index contributed by atoms with van der Waals surface area (Å²) in [6, 6.07) is 0.489. The lowest BCUT2D eigenvalue weighted by molar-refractivity contribution is -0.132. The summed E-state index contributed by atoms with van der Waals surface area (Å²) < 4.78 is 0. The second-order valence-corrected chi connectivity index (χ2v) is 5.33. The summed E-state index contributed by atoms with van der Waals surface area (Å²) in [5, 5.41) is 0. The van der Waals surface area contributed by atoms with Crippen molar-refractivity contribution in [1.29, 1.82) is 0 Å². The highest BCUT2D eigenvalue weighted by Gasteiger charge is 2.28. The molecule has 18 heavy (non-hydrogen) atoms. The molecule has 1 fully saturated rings. The number of amides is 1. The number of carbonyl (C=O) groups excluding carboxylic acids is 1. The molecule has 0 heterocycles. The first kappa shape index (κ1) is 15.4. The molecule has 0 aromatic heterocycles. The third-order valence-corrected chi connectivity index (χ3v) is 4.24. The van der Waals surface area contributed by atoms with Crippen molar-refractivity contribution in [3.05, 3.63) is 0 Å². The van der Waals surface area contributed by atoms with E-state index in [1.54, 1.807) is 0 Å². The molecular weight excluding hydrogens is 226 g/mol. The summed E-state index contributed by atoms with van der Waals surface area (Å²) in [6.07, 6.45) is 4.95. The smallest absolute Gasteiger partial charge is 0.236 e. The minimum absolute atomic E-state index is 0.240. The van der Waals surface area contributed by atoms with Crippen LogP contribution < -0.4 is 5.73 Å². The highest BCUT2D eigenvalue weighted by molar-refractivity contribution is 5.78. The summed E-state index contributed by atoms with van der Waals surface area (Å²) in [5.74, 6) is 0.803. The molecule has 1 aliphatic rings. The van der Waals surface area contributed by atoms with Crippen molar-refractivity contribution in [3.8, 4) is 0 Å². The van der Waals surface area contributed by atoms with Gasteiger partial charge in [-0.05, 0) is 46.2 Å². The monoisotopic (exact) mass is 255 g/mol. The molecule has 1 amide bonds. The lowest BCUT2D eigenvalue weighted by atomic mass is 9.84. The Bertz CT molecular complexity index is 253. The van der Waals surface area contributed by atoms with Gasteiger partial charge in [0.05, 0.1) is 6.54 Å². The predicted molar refractivity (Wildman–Crippen MR) is 75.4 cm³/mol. The van der Waals surface area contributed by atoms with Gasteiger partial charge in [-0.2, -0.15) is 0 Å². The Hall–Kier alpha value is -0.610. The zero-order valence-electron chi connectivity index (χ0n) is 12.2. The van der Waals surface area contributed by atoms with Crippen LogP contribution in [-0.2, 0) is 4.79 Å². The van der Waals surface area contributed by atoms with E-state index < -0.39 is 0 Å². The van der Waals surface area contributed by atoms with Gasteiger partial charge in [-0.1, -0.05) is 12.8 Å². The van der Waals surface area contributed by atoms with E-state index in [0.29, 0.717) is 18.5 Å². The molecule has 2 unspecified atom stereocenters. The van der Waals surface area contributed by atoms with E-state index in [0.717, 1.165) is 19.6 Å². The van der Waals surface area contributed by atoms with Crippen molar-refractivity contribution >= 4 is 5.91 Å². The fourth-order valence-corrected chi connectivity index (χ4v) is 3.05. The van der Waals surface area contributed by atoms with Crippen LogP contribution in [0.2, 0.25) is 0 Å². The molecule has 0 aromatic carbocycles. The maximum absolute atomic E-state index is 12.1. The zero-order chi connectivity index (χ0) is 13.5. The van der Waals surface area contributed by atoms with E-state index in [1.807, 2.05) is 18.7 Å². The van der Waals surface area contributed by atoms with Gasteiger partial charge in [0.25, 0.3) is 0 Å². The molecule has 0 bridgehead atoms. The largest absolute Gasteiger partial charge is 0.342 e. The van der Waals surface area contributed by atoms with Gasteiger partial charge in [-0.25, -0.2) is 0 Å². The molecule has 0 aromatic rings. The van der Waals surface area contributed by atoms with Gasteiger partial charge >= 0.3 is 0 Å². The first-order valence-electron chi connectivity index (χ1n) is 7.32. The zero-order valence-corrected chi connectivity index (χ0v) is 12.2. The summed E-state index contributed by atoms with van der Waals surface area (Å²) in [4.78, 5) is 16.2. The molecule has 0 saturated heterocycles. The molecule has 2 atom stereocenters. The normalized spacial score (nSPS) is 24.3. The second-order valence-electron chi connectivity index (χ2n) is 5.33. The topological polar surface area (TPSA) is 49.6 Å². The summed E-state index contributed by atoms with van der Waals surface area (Å²) in [6.45, 7) is 6.94. The van der Waals surface area contributed by atoms with Crippen LogP contribution in [0.25, 0.3) is 0 Å². The Kier molecular flexibility index (Phi) is 6.65. The van der Waals surface area contributed by atoms with E-state index in [1.165, 1.54) is 25.7 Å². The van der Waals surface area contributed by atoms with Crippen molar-refractivity contribution in [2.75, 3.05) is 33.2 Å². The van der Waals surface area contributed by atoms with Crippen LogP contribution in [0.5, 0.6) is 0 Å². The Labute approximate surface area is 111 Å². The lowest BCUT2D eigenvalue weighted by Gasteiger charge is -2.37. The first-order chi connectivity index (χ1) is 8.63. The van der Waals surface area contributed by atoms with Crippen molar-refractivity contribution in [2.45, 2.75) is 45.6 Å². The molecule has 0 spiro atoms. The molecule has 2 N–H and O–H groups in total. The van der Waals surface area contributed by atoms with Crippen LogP contribution in [0.3, 0.4) is 0 Å². The number of likely N-dealkylation sites (N-methyl/N-ethyl adjacent to an activating group) is 2. The quantitative estimate of drug-likeness (QED) is 0.778. The molecule has 4 heteroatoms. The van der Waals surface area contributed by atoms with E-state index >= 15 is 0 Å². The number of nitrogens with zero attached hydrogens (tertiary/aromatic N) is 2. The van der Waals surface area contributed by atoms with Crippen LogP contribution in [0.15, 0.2) is 0 Å². The van der Waals surface area contributed by atoms with Gasteiger partial charge in [0, 0.05) is 19.1 Å².